The van der Waals surface area contributed by atoms with E-state index in [1.165, 1.54) is 8.61 Å². The van der Waals surface area contributed by atoms with Gasteiger partial charge in [-0.1, -0.05) is 0 Å². The molecule has 0 unspecified atom stereocenters. The van der Waals surface area contributed by atoms with Crippen LogP contribution >= 0.6 is 0 Å². The molecule has 0 aliphatic carbocycles. The molecule has 20 heavy (non-hydrogen) atoms. The van der Waals surface area contributed by atoms with Gasteiger partial charge in [0.25, 0.3) is 10.2 Å². The van der Waals surface area contributed by atoms with Crippen LogP contribution in [0, 0.1) is 5.92 Å². The summed E-state index contributed by atoms with van der Waals surface area (Å²) in [6, 6.07) is 0. The SMILES string of the molecule is CCOC[C@@H]1CN(S(=O)(=O)N(C)C)Cc2cncn2C1. The molecule has 2 heterocycles. The highest BCUT2D eigenvalue weighted by atomic mass is 32.2. The van der Waals surface area contributed by atoms with Crippen LogP contribution in [-0.2, 0) is 28.0 Å². The van der Waals surface area contributed by atoms with E-state index in [9.17, 15) is 8.42 Å². The Kier molecular flexibility index (Phi) is 4.79. The molecular weight excluding hydrogens is 280 g/mol. The maximum Gasteiger partial charge on any atom is 0.281 e. The molecule has 0 N–H and O–H groups in total. The Hall–Kier alpha value is -0.960. The number of hydrogen-bond donors (Lipinski definition) is 0. The van der Waals surface area contributed by atoms with Crippen molar-refractivity contribution < 1.29 is 13.2 Å². The van der Waals surface area contributed by atoms with E-state index in [0.29, 0.717) is 26.3 Å². The van der Waals surface area contributed by atoms with Gasteiger partial charge in [0, 0.05) is 45.9 Å². The fraction of sp³-hybridized carbons (Fsp3) is 0.750. The van der Waals surface area contributed by atoms with Crippen LogP contribution < -0.4 is 0 Å². The molecule has 1 atom stereocenters. The number of imidazole rings is 1. The minimum atomic E-state index is -3.43. The first-order valence-electron chi connectivity index (χ1n) is 6.69. The molecular formula is C12H22N4O3S. The van der Waals surface area contributed by atoms with Gasteiger partial charge in [-0.25, -0.2) is 4.98 Å². The summed E-state index contributed by atoms with van der Waals surface area (Å²) >= 11 is 0. The molecule has 114 valence electrons. The van der Waals surface area contributed by atoms with Crippen molar-refractivity contribution in [2.45, 2.75) is 20.0 Å². The standard InChI is InChI=1S/C12H22N4O3S/c1-4-19-9-11-6-15-10-13-5-12(15)8-16(7-11)20(17,18)14(2)3/h5,10-11H,4,6-9H2,1-3H3/t11-/m0/s1. The van der Waals surface area contributed by atoms with E-state index in [2.05, 4.69) is 4.98 Å². The fourth-order valence-corrected chi connectivity index (χ4v) is 3.47. The second-order valence-electron chi connectivity index (χ2n) is 5.15. The highest BCUT2D eigenvalue weighted by Crippen LogP contribution is 2.20. The maximum absolute atomic E-state index is 12.4. The first kappa shape index (κ1) is 15.4. The summed E-state index contributed by atoms with van der Waals surface area (Å²) in [6.07, 6.45) is 3.47. The lowest BCUT2D eigenvalue weighted by Crippen LogP contribution is -2.42. The number of nitrogens with zero attached hydrogens (tertiary/aromatic N) is 4. The van der Waals surface area contributed by atoms with Crippen molar-refractivity contribution in [1.29, 1.82) is 0 Å². The predicted molar refractivity (Wildman–Crippen MR) is 75.2 cm³/mol. The molecule has 0 saturated carbocycles. The van der Waals surface area contributed by atoms with Gasteiger partial charge in [-0.2, -0.15) is 17.0 Å². The molecule has 1 aliphatic heterocycles. The summed E-state index contributed by atoms with van der Waals surface area (Å²) in [5, 5.41) is 0. The Morgan fingerprint density at radius 2 is 2.20 bits per heavy atom. The zero-order chi connectivity index (χ0) is 14.8. The predicted octanol–water partition coefficient (Wildman–Crippen LogP) is 0.158. The van der Waals surface area contributed by atoms with Crippen molar-refractivity contribution in [2.24, 2.45) is 5.92 Å². The number of rotatable bonds is 5. The Balaban J connectivity index is 2.25. The van der Waals surface area contributed by atoms with Gasteiger partial charge in [0.2, 0.25) is 0 Å². The van der Waals surface area contributed by atoms with Crippen LogP contribution in [0.5, 0.6) is 0 Å². The van der Waals surface area contributed by atoms with Gasteiger partial charge in [0.05, 0.1) is 25.2 Å². The molecule has 7 nitrogen and oxygen atoms in total. The number of hydrogen-bond acceptors (Lipinski definition) is 4. The molecule has 0 radical (unpaired) electrons. The van der Waals surface area contributed by atoms with Gasteiger partial charge in [-0.3, -0.25) is 0 Å². The Morgan fingerprint density at radius 3 is 2.85 bits per heavy atom. The quantitative estimate of drug-likeness (QED) is 0.777. The van der Waals surface area contributed by atoms with Gasteiger partial charge < -0.3 is 9.30 Å². The summed E-state index contributed by atoms with van der Waals surface area (Å²) in [7, 11) is -0.331. The fourth-order valence-electron chi connectivity index (χ4n) is 2.31. The summed E-state index contributed by atoms with van der Waals surface area (Å²) < 4.78 is 35.0. The lowest BCUT2D eigenvalue weighted by Gasteiger charge is -2.26. The van der Waals surface area contributed by atoms with Gasteiger partial charge in [-0.05, 0) is 6.92 Å². The normalized spacial score (nSPS) is 20.9. The molecule has 0 bridgehead atoms. The molecule has 2 rings (SSSR count). The van der Waals surface area contributed by atoms with Crippen LogP contribution in [-0.4, -0.2) is 60.4 Å². The second-order valence-corrected chi connectivity index (χ2v) is 7.29. The van der Waals surface area contributed by atoms with Crippen molar-refractivity contribution in [3.63, 3.8) is 0 Å². The molecule has 1 aromatic rings. The van der Waals surface area contributed by atoms with Gasteiger partial charge in [-0.15, -0.1) is 0 Å². The van der Waals surface area contributed by atoms with Crippen molar-refractivity contribution in [2.75, 3.05) is 33.9 Å². The largest absolute Gasteiger partial charge is 0.381 e. The molecule has 0 amide bonds. The summed E-state index contributed by atoms with van der Waals surface area (Å²) in [5.41, 5.74) is 0.912. The van der Waals surface area contributed by atoms with Crippen LogP contribution in [0.15, 0.2) is 12.5 Å². The number of fused-ring (bicyclic) bond motifs is 1. The van der Waals surface area contributed by atoms with E-state index < -0.39 is 10.2 Å². The maximum atomic E-state index is 12.4. The van der Waals surface area contributed by atoms with E-state index in [4.69, 9.17) is 4.74 Å². The highest BCUT2D eigenvalue weighted by Gasteiger charge is 2.31. The zero-order valence-electron chi connectivity index (χ0n) is 12.2. The second kappa shape index (κ2) is 6.21. The van der Waals surface area contributed by atoms with Crippen LogP contribution in [0.1, 0.15) is 12.6 Å². The first-order chi connectivity index (χ1) is 9.45. The van der Waals surface area contributed by atoms with E-state index >= 15 is 0 Å². The van der Waals surface area contributed by atoms with Crippen LogP contribution in [0.3, 0.4) is 0 Å². The van der Waals surface area contributed by atoms with E-state index in [0.717, 1.165) is 12.2 Å². The molecule has 8 heteroatoms. The molecule has 0 spiro atoms. The third-order valence-electron chi connectivity index (χ3n) is 3.40. The summed E-state index contributed by atoms with van der Waals surface area (Å²) in [6.45, 7) is 4.66. The monoisotopic (exact) mass is 302 g/mol. The minimum Gasteiger partial charge on any atom is -0.381 e. The molecule has 1 aromatic heterocycles. The summed E-state index contributed by atoms with van der Waals surface area (Å²) in [5.74, 6) is 0.125. The lowest BCUT2D eigenvalue weighted by molar-refractivity contribution is 0.0972. The van der Waals surface area contributed by atoms with Crippen LogP contribution in [0.4, 0.5) is 0 Å². The van der Waals surface area contributed by atoms with Gasteiger partial charge >= 0.3 is 0 Å². The average Bonchev–Trinajstić information content (AvgIpc) is 2.74. The third-order valence-corrected chi connectivity index (χ3v) is 5.25. The lowest BCUT2D eigenvalue weighted by atomic mass is 10.1. The molecule has 1 aliphatic rings. The van der Waals surface area contributed by atoms with Crippen molar-refractivity contribution in [3.8, 4) is 0 Å². The van der Waals surface area contributed by atoms with E-state index in [-0.39, 0.29) is 5.92 Å². The molecule has 0 fully saturated rings. The smallest absolute Gasteiger partial charge is 0.281 e. The van der Waals surface area contributed by atoms with E-state index in [1.54, 1.807) is 26.6 Å². The zero-order valence-corrected chi connectivity index (χ0v) is 13.0. The Morgan fingerprint density at radius 1 is 1.45 bits per heavy atom. The van der Waals surface area contributed by atoms with Crippen LogP contribution in [0.25, 0.3) is 0 Å². The molecule has 0 aromatic carbocycles. The minimum absolute atomic E-state index is 0.125. The van der Waals surface area contributed by atoms with Crippen molar-refractivity contribution in [1.82, 2.24) is 18.2 Å². The highest BCUT2D eigenvalue weighted by molar-refractivity contribution is 7.86. The molecule has 0 saturated heterocycles. The van der Waals surface area contributed by atoms with Crippen LogP contribution in [0.2, 0.25) is 0 Å². The van der Waals surface area contributed by atoms with Crippen molar-refractivity contribution >= 4 is 10.2 Å². The average molecular weight is 302 g/mol. The Labute approximate surface area is 120 Å². The topological polar surface area (TPSA) is 67.7 Å². The third kappa shape index (κ3) is 3.20. The Bertz CT molecular complexity index is 541. The van der Waals surface area contributed by atoms with Gasteiger partial charge in [0.15, 0.2) is 0 Å². The van der Waals surface area contributed by atoms with Crippen molar-refractivity contribution in [3.05, 3.63) is 18.2 Å². The number of aromatic nitrogens is 2. The van der Waals surface area contributed by atoms with E-state index in [1.807, 2.05) is 11.5 Å². The van der Waals surface area contributed by atoms with Gasteiger partial charge in [0.1, 0.15) is 0 Å². The number of ether oxygens (including phenoxy) is 1. The summed E-state index contributed by atoms with van der Waals surface area (Å²) in [4.78, 5) is 4.11. The first-order valence-corrected chi connectivity index (χ1v) is 8.09.